The first kappa shape index (κ1) is 51.1. The molecule has 0 saturated heterocycles. The van der Waals surface area contributed by atoms with E-state index >= 15 is 0 Å². The molecule has 0 heterocycles. The topological polar surface area (TPSA) is 0 Å². The summed E-state index contributed by atoms with van der Waals surface area (Å²) in [7, 11) is -1.34. The number of hydrogen-bond acceptors (Lipinski definition) is 0. The van der Waals surface area contributed by atoms with Crippen LogP contribution in [0.4, 0.5) is 0 Å². The molecule has 0 amide bonds. The predicted molar refractivity (Wildman–Crippen MR) is 255 cm³/mol. The Morgan fingerprint density at radius 3 is 0.311 bits per heavy atom. The third kappa shape index (κ3) is 15.0. The predicted octanol–water partition coefficient (Wildman–Crippen LogP) is 1.34. The van der Waals surface area contributed by atoms with Gasteiger partial charge in [0.2, 0.25) is 0 Å². The standard InChI is InChI=1S/3C18H15P.3ClH.Ru/c3*1-4-10-16(11-5-1)19(17-12-6-2-7-13-17)18-14-8-3-9-15-18;;;;/h3*1-15H;3*1H;/q;;;;;;+3/p-3. The Balaban J connectivity index is 0.000000236. The smallest absolute Gasteiger partial charge is 1.00 e. The summed E-state index contributed by atoms with van der Waals surface area (Å²) in [4.78, 5) is 0. The Labute approximate surface area is 398 Å². The molecule has 0 fully saturated rings. The van der Waals surface area contributed by atoms with E-state index in [4.69, 9.17) is 0 Å². The van der Waals surface area contributed by atoms with Gasteiger partial charge in [-0.3, -0.25) is 0 Å². The first-order chi connectivity index (χ1) is 28.3. The summed E-state index contributed by atoms with van der Waals surface area (Å²) in [5.41, 5.74) is 0. The Hall–Kier alpha value is -4.24. The van der Waals surface area contributed by atoms with Crippen molar-refractivity contribution >= 4 is 71.5 Å². The van der Waals surface area contributed by atoms with Gasteiger partial charge in [0.1, 0.15) is 0 Å². The van der Waals surface area contributed by atoms with Crippen LogP contribution in [0.3, 0.4) is 0 Å². The van der Waals surface area contributed by atoms with Crippen molar-refractivity contribution in [3.63, 3.8) is 0 Å². The molecule has 0 atom stereocenters. The molecule has 0 nitrogen and oxygen atoms in total. The maximum absolute atomic E-state index is 2.23. The second-order valence-electron chi connectivity index (χ2n) is 13.0. The van der Waals surface area contributed by atoms with Gasteiger partial charge in [-0.2, -0.15) is 0 Å². The number of halogens is 3. The van der Waals surface area contributed by atoms with Crippen LogP contribution in [0.2, 0.25) is 0 Å². The summed E-state index contributed by atoms with van der Waals surface area (Å²) >= 11 is 0. The van der Waals surface area contributed by atoms with E-state index in [2.05, 4.69) is 273 Å². The van der Waals surface area contributed by atoms with Crippen LogP contribution in [0.25, 0.3) is 0 Å². The number of benzene rings is 9. The van der Waals surface area contributed by atoms with Gasteiger partial charge in [-0.05, 0) is 71.5 Å². The fraction of sp³-hybridized carbons (Fsp3) is 0. The van der Waals surface area contributed by atoms with Gasteiger partial charge in [0.15, 0.2) is 0 Å². The summed E-state index contributed by atoms with van der Waals surface area (Å²) in [5.74, 6) is 0. The molecule has 0 aromatic heterocycles. The van der Waals surface area contributed by atoms with Crippen LogP contribution in [0.5, 0.6) is 0 Å². The molecule has 61 heavy (non-hydrogen) atoms. The molecular weight excluding hydrogens is 949 g/mol. The molecular formula is C54H45Cl3P3Ru. The molecule has 0 aliphatic rings. The van der Waals surface area contributed by atoms with E-state index in [1.807, 2.05) is 0 Å². The minimum atomic E-state index is -0.446. The van der Waals surface area contributed by atoms with Crippen LogP contribution in [-0.4, -0.2) is 0 Å². The quantitative estimate of drug-likeness (QED) is 0.152. The van der Waals surface area contributed by atoms with Gasteiger partial charge >= 0.3 is 19.5 Å². The summed E-state index contributed by atoms with van der Waals surface area (Å²) in [6.45, 7) is 0. The van der Waals surface area contributed by atoms with Crippen molar-refractivity contribution in [3.05, 3.63) is 273 Å². The summed E-state index contributed by atoms with van der Waals surface area (Å²) in [5, 5.41) is 12.6. The Morgan fingerprint density at radius 1 is 0.148 bits per heavy atom. The first-order valence-electron chi connectivity index (χ1n) is 19.2. The SMILES string of the molecule is [Cl-].[Cl-].[Cl-].[Ru+3].c1ccc(P(c2ccccc2)c2ccccc2)cc1.c1ccc(P(c2ccccc2)c2ccccc2)cc1.c1ccc(P(c2ccccc2)c2ccccc2)cc1. The molecule has 0 aliphatic heterocycles. The van der Waals surface area contributed by atoms with Crippen molar-refractivity contribution in [2.24, 2.45) is 0 Å². The molecule has 7 heteroatoms. The zero-order valence-corrected chi connectivity index (χ0v) is 40.0. The third-order valence-electron chi connectivity index (χ3n) is 9.13. The molecule has 9 aromatic carbocycles. The van der Waals surface area contributed by atoms with Crippen molar-refractivity contribution in [1.29, 1.82) is 0 Å². The van der Waals surface area contributed by atoms with Crippen LogP contribution < -0.4 is 85.0 Å². The van der Waals surface area contributed by atoms with Crippen LogP contribution in [0.1, 0.15) is 0 Å². The molecule has 9 rings (SSSR count). The van der Waals surface area contributed by atoms with E-state index in [1.54, 1.807) is 0 Å². The van der Waals surface area contributed by atoms with E-state index in [0.29, 0.717) is 0 Å². The van der Waals surface area contributed by atoms with Crippen LogP contribution in [-0.2, 0) is 19.5 Å². The molecule has 305 valence electrons. The fourth-order valence-corrected chi connectivity index (χ4v) is 13.5. The Morgan fingerprint density at radius 2 is 0.230 bits per heavy atom. The maximum atomic E-state index is 2.23. The van der Waals surface area contributed by atoms with Gasteiger partial charge in [0.05, 0.1) is 0 Å². The van der Waals surface area contributed by atoms with Crippen molar-refractivity contribution in [2.45, 2.75) is 0 Å². The van der Waals surface area contributed by atoms with Gasteiger partial charge in [-0.15, -0.1) is 0 Å². The van der Waals surface area contributed by atoms with Gasteiger partial charge in [0.25, 0.3) is 0 Å². The van der Waals surface area contributed by atoms with Crippen LogP contribution in [0.15, 0.2) is 273 Å². The fourth-order valence-electron chi connectivity index (χ4n) is 6.54. The number of hydrogen-bond donors (Lipinski definition) is 0. The Kier molecular flexibility index (Phi) is 23.8. The van der Waals surface area contributed by atoms with E-state index in [-0.39, 0.29) is 56.7 Å². The average molecular weight is 994 g/mol. The normalized spacial score (nSPS) is 9.89. The van der Waals surface area contributed by atoms with E-state index in [9.17, 15) is 0 Å². The molecule has 0 bridgehead atoms. The Bertz CT molecular complexity index is 1880. The van der Waals surface area contributed by atoms with Crippen LogP contribution >= 0.6 is 23.8 Å². The van der Waals surface area contributed by atoms with E-state index in [0.717, 1.165) is 0 Å². The van der Waals surface area contributed by atoms with E-state index in [1.165, 1.54) is 47.7 Å². The van der Waals surface area contributed by atoms with Crippen molar-refractivity contribution in [1.82, 2.24) is 0 Å². The first-order valence-corrected chi connectivity index (χ1v) is 23.2. The summed E-state index contributed by atoms with van der Waals surface area (Å²) < 4.78 is 0. The van der Waals surface area contributed by atoms with Gasteiger partial charge in [-0.25, -0.2) is 0 Å². The van der Waals surface area contributed by atoms with Gasteiger partial charge in [0, 0.05) is 0 Å². The van der Waals surface area contributed by atoms with Gasteiger partial charge in [-0.1, -0.05) is 273 Å². The molecule has 1 radical (unpaired) electrons. The van der Waals surface area contributed by atoms with Crippen LogP contribution in [0, 0.1) is 0 Å². The molecule has 0 aliphatic carbocycles. The number of rotatable bonds is 9. The second-order valence-corrected chi connectivity index (χ2v) is 19.7. The van der Waals surface area contributed by atoms with Gasteiger partial charge < -0.3 is 37.2 Å². The monoisotopic (exact) mass is 993 g/mol. The summed E-state index contributed by atoms with van der Waals surface area (Å²) in [6.07, 6.45) is 0. The average Bonchev–Trinajstić information content (AvgIpc) is 3.30. The molecule has 0 unspecified atom stereocenters. The zero-order valence-electron chi connectivity index (χ0n) is 33.3. The largest absolute Gasteiger partial charge is 3.00 e. The zero-order chi connectivity index (χ0) is 38.7. The second kappa shape index (κ2) is 28.4. The van der Waals surface area contributed by atoms with Crippen molar-refractivity contribution < 1.29 is 56.7 Å². The molecule has 0 N–H and O–H groups in total. The molecule has 0 spiro atoms. The molecule has 0 saturated carbocycles. The minimum absolute atomic E-state index is 0. The molecule has 9 aromatic rings. The minimum Gasteiger partial charge on any atom is -1.00 e. The van der Waals surface area contributed by atoms with Crippen molar-refractivity contribution in [3.8, 4) is 0 Å². The summed E-state index contributed by atoms with van der Waals surface area (Å²) in [6, 6.07) is 97.0. The van der Waals surface area contributed by atoms with Crippen molar-refractivity contribution in [2.75, 3.05) is 0 Å². The third-order valence-corrected chi connectivity index (χ3v) is 16.5. The maximum Gasteiger partial charge on any atom is 3.00 e. The van der Waals surface area contributed by atoms with E-state index < -0.39 is 23.8 Å².